The molecule has 1 aliphatic rings. The Bertz CT molecular complexity index is 1350. The number of anilines is 1. The third-order valence-corrected chi connectivity index (χ3v) is 5.75. The molecule has 0 saturated carbocycles. The van der Waals surface area contributed by atoms with Crippen LogP contribution in [0.3, 0.4) is 0 Å². The molecule has 0 spiro atoms. The molecule has 1 aromatic heterocycles. The molecule has 35 heavy (non-hydrogen) atoms. The molecular formula is C26H27N5O4. The van der Waals surface area contributed by atoms with Gasteiger partial charge in [-0.3, -0.25) is 9.89 Å². The minimum Gasteiger partial charge on any atom is -0.490 e. The Hall–Kier alpha value is -4.45. The van der Waals surface area contributed by atoms with E-state index in [0.29, 0.717) is 24.0 Å². The monoisotopic (exact) mass is 473 g/mol. The first-order valence-corrected chi connectivity index (χ1v) is 11.2. The lowest BCUT2D eigenvalue weighted by Crippen LogP contribution is -2.22. The summed E-state index contributed by atoms with van der Waals surface area (Å²) in [6.45, 7) is 7.85. The maximum Gasteiger partial charge on any atom is 0.262 e. The number of fused-ring (bicyclic) bond motifs is 1. The number of carbonyl (C=O) groups excluding carboxylic acids is 1. The molecule has 2 aromatic carbocycles. The van der Waals surface area contributed by atoms with Crippen molar-refractivity contribution in [1.82, 2.24) is 10.2 Å². The van der Waals surface area contributed by atoms with Crippen LogP contribution in [0, 0.1) is 32.1 Å². The number of hydrogen-bond acceptors (Lipinski definition) is 7. The van der Waals surface area contributed by atoms with Gasteiger partial charge in [-0.15, -0.1) is 5.10 Å². The number of nitrogens with zero attached hydrogens (tertiary/aromatic N) is 2. The van der Waals surface area contributed by atoms with Crippen LogP contribution >= 0.6 is 0 Å². The predicted octanol–water partition coefficient (Wildman–Crippen LogP) is 3.97. The van der Waals surface area contributed by atoms with Gasteiger partial charge in [-0.05, 0) is 57.0 Å². The van der Waals surface area contributed by atoms with Crippen molar-refractivity contribution < 1.29 is 19.0 Å². The van der Waals surface area contributed by atoms with Crippen molar-refractivity contribution in [2.75, 3.05) is 18.5 Å². The average Bonchev–Trinajstić information content (AvgIpc) is 3.19. The summed E-state index contributed by atoms with van der Waals surface area (Å²) in [4.78, 5) is 12.5. The van der Waals surface area contributed by atoms with E-state index >= 15 is 0 Å². The van der Waals surface area contributed by atoms with E-state index in [1.165, 1.54) is 0 Å². The van der Waals surface area contributed by atoms with Gasteiger partial charge in [0.25, 0.3) is 5.91 Å². The van der Waals surface area contributed by atoms with Gasteiger partial charge in [-0.1, -0.05) is 23.8 Å². The number of rotatable bonds is 7. The molecule has 1 aliphatic heterocycles. The second-order valence-electron chi connectivity index (χ2n) is 8.29. The van der Waals surface area contributed by atoms with Crippen LogP contribution in [0.15, 0.2) is 47.9 Å². The van der Waals surface area contributed by atoms with Crippen molar-refractivity contribution in [2.45, 2.75) is 33.6 Å². The molecule has 1 amide bonds. The number of allylic oxidation sites excluding steroid dienone is 1. The Balaban J connectivity index is 1.58. The quantitative estimate of drug-likeness (QED) is 0.472. The largest absolute Gasteiger partial charge is 0.490 e. The highest BCUT2D eigenvalue weighted by molar-refractivity contribution is 5.92. The molecule has 0 radical (unpaired) electrons. The third-order valence-electron chi connectivity index (χ3n) is 5.75. The third kappa shape index (κ3) is 4.77. The smallest absolute Gasteiger partial charge is 0.262 e. The Morgan fingerprint density at radius 1 is 1.20 bits per heavy atom. The molecule has 0 fully saturated rings. The molecule has 1 unspecified atom stereocenters. The van der Waals surface area contributed by atoms with Gasteiger partial charge in [0.15, 0.2) is 18.1 Å². The summed E-state index contributed by atoms with van der Waals surface area (Å²) in [6.07, 6.45) is 0. The highest BCUT2D eigenvalue weighted by Crippen LogP contribution is 2.44. The second-order valence-corrected chi connectivity index (χ2v) is 8.29. The Labute approximate surface area is 203 Å². The molecule has 0 bridgehead atoms. The number of aryl methyl sites for hydroxylation is 3. The van der Waals surface area contributed by atoms with Crippen molar-refractivity contribution >= 4 is 11.6 Å². The molecule has 0 aliphatic carbocycles. The molecule has 4 N–H and O–H groups in total. The Morgan fingerprint density at radius 3 is 2.71 bits per heavy atom. The second kappa shape index (κ2) is 9.81. The molecule has 180 valence electrons. The van der Waals surface area contributed by atoms with Crippen molar-refractivity contribution in [1.29, 1.82) is 5.26 Å². The maximum atomic E-state index is 12.5. The Kier molecular flexibility index (Phi) is 6.64. The molecular weight excluding hydrogens is 446 g/mol. The van der Waals surface area contributed by atoms with Crippen molar-refractivity contribution in [3.05, 3.63) is 75.8 Å². The van der Waals surface area contributed by atoms with Crippen LogP contribution in [-0.2, 0) is 4.79 Å². The van der Waals surface area contributed by atoms with E-state index in [1.54, 1.807) is 12.1 Å². The van der Waals surface area contributed by atoms with Crippen LogP contribution in [0.5, 0.6) is 17.4 Å². The van der Waals surface area contributed by atoms with Gasteiger partial charge < -0.3 is 25.3 Å². The maximum absolute atomic E-state index is 12.5. The standard InChI is InChI=1S/C26H27N5O4/c1-5-33-21-11-17(24-18(12-27)25(28)35-26-23(24)16(4)30-31-26)7-9-20(21)34-13-22(32)29-19-8-6-14(2)10-15(19)3/h6-11,24H,5,13,28H2,1-4H3,(H,29,32)(H,30,31). The molecule has 4 rings (SSSR count). The lowest BCUT2D eigenvalue weighted by atomic mass is 9.84. The lowest BCUT2D eigenvalue weighted by molar-refractivity contribution is -0.118. The normalized spacial score (nSPS) is 14.5. The zero-order valence-electron chi connectivity index (χ0n) is 20.1. The van der Waals surface area contributed by atoms with Gasteiger partial charge in [-0.25, -0.2) is 0 Å². The van der Waals surface area contributed by atoms with Gasteiger partial charge >= 0.3 is 0 Å². The lowest BCUT2D eigenvalue weighted by Gasteiger charge is -2.24. The summed E-state index contributed by atoms with van der Waals surface area (Å²) in [6, 6.07) is 13.3. The number of aromatic amines is 1. The molecule has 9 heteroatoms. The van der Waals surface area contributed by atoms with E-state index in [0.717, 1.165) is 33.6 Å². The van der Waals surface area contributed by atoms with Crippen LogP contribution < -0.4 is 25.3 Å². The minimum absolute atomic E-state index is 0.0119. The number of benzene rings is 2. The number of aromatic nitrogens is 2. The first-order chi connectivity index (χ1) is 16.8. The van der Waals surface area contributed by atoms with Crippen LogP contribution in [0.25, 0.3) is 0 Å². The van der Waals surface area contributed by atoms with E-state index in [9.17, 15) is 10.1 Å². The van der Waals surface area contributed by atoms with Gasteiger partial charge in [0.2, 0.25) is 11.8 Å². The van der Waals surface area contributed by atoms with E-state index in [2.05, 4.69) is 21.6 Å². The molecule has 3 aromatic rings. The number of H-pyrrole nitrogens is 1. The van der Waals surface area contributed by atoms with E-state index in [-0.39, 0.29) is 24.0 Å². The van der Waals surface area contributed by atoms with Crippen LogP contribution in [0.2, 0.25) is 0 Å². The summed E-state index contributed by atoms with van der Waals surface area (Å²) in [5, 5.41) is 19.7. The van der Waals surface area contributed by atoms with Crippen molar-refractivity contribution in [3.63, 3.8) is 0 Å². The average molecular weight is 474 g/mol. The summed E-state index contributed by atoms with van der Waals surface area (Å²) in [5.41, 5.74) is 11.4. The van der Waals surface area contributed by atoms with E-state index in [4.69, 9.17) is 19.9 Å². The van der Waals surface area contributed by atoms with Crippen LogP contribution in [-0.4, -0.2) is 29.3 Å². The van der Waals surface area contributed by atoms with Crippen LogP contribution in [0.4, 0.5) is 5.69 Å². The fourth-order valence-corrected chi connectivity index (χ4v) is 4.11. The topological polar surface area (TPSA) is 135 Å². The van der Waals surface area contributed by atoms with Gasteiger partial charge in [0.1, 0.15) is 11.6 Å². The Morgan fingerprint density at radius 2 is 2.00 bits per heavy atom. The summed E-state index contributed by atoms with van der Waals surface area (Å²) in [7, 11) is 0. The zero-order chi connectivity index (χ0) is 25.1. The number of hydrogen-bond donors (Lipinski definition) is 3. The minimum atomic E-state index is -0.483. The number of amides is 1. The molecule has 0 saturated heterocycles. The SMILES string of the molecule is CCOc1cc(C2C(C#N)=C(N)Oc3n[nH]c(C)c32)ccc1OCC(=O)Nc1ccc(C)cc1C. The highest BCUT2D eigenvalue weighted by Gasteiger charge is 2.34. The van der Waals surface area contributed by atoms with Gasteiger partial charge in [0, 0.05) is 16.9 Å². The van der Waals surface area contributed by atoms with Gasteiger partial charge in [0.05, 0.1) is 12.5 Å². The van der Waals surface area contributed by atoms with Crippen LogP contribution in [0.1, 0.15) is 40.8 Å². The zero-order valence-corrected chi connectivity index (χ0v) is 20.1. The van der Waals surface area contributed by atoms with E-state index in [1.807, 2.05) is 52.0 Å². The number of nitriles is 1. The first-order valence-electron chi connectivity index (χ1n) is 11.2. The summed E-state index contributed by atoms with van der Waals surface area (Å²) < 4.78 is 17.1. The highest BCUT2D eigenvalue weighted by atomic mass is 16.5. The fourth-order valence-electron chi connectivity index (χ4n) is 4.11. The number of ether oxygens (including phenoxy) is 3. The number of carbonyl (C=O) groups is 1. The van der Waals surface area contributed by atoms with Gasteiger partial charge in [-0.2, -0.15) is 5.26 Å². The van der Waals surface area contributed by atoms with Crippen molar-refractivity contribution in [2.24, 2.45) is 5.73 Å². The van der Waals surface area contributed by atoms with E-state index < -0.39 is 5.92 Å². The molecule has 9 nitrogen and oxygen atoms in total. The predicted molar refractivity (Wildman–Crippen MR) is 130 cm³/mol. The molecule has 1 atom stereocenters. The summed E-state index contributed by atoms with van der Waals surface area (Å²) in [5.74, 6) is 0.452. The van der Waals surface area contributed by atoms with Crippen molar-refractivity contribution in [3.8, 4) is 23.4 Å². The number of nitrogens with two attached hydrogens (primary N) is 1. The first kappa shape index (κ1) is 23.7. The summed E-state index contributed by atoms with van der Waals surface area (Å²) >= 11 is 0. The molecule has 2 heterocycles. The fraction of sp³-hybridized carbons (Fsp3) is 0.269. The number of nitrogens with one attached hydrogen (secondary N) is 2.